The highest BCUT2D eigenvalue weighted by Crippen LogP contribution is 2.31. The van der Waals surface area contributed by atoms with Gasteiger partial charge in [0.15, 0.2) is 11.5 Å². The molecule has 1 aliphatic heterocycles. The van der Waals surface area contributed by atoms with Crippen molar-refractivity contribution in [1.29, 1.82) is 0 Å². The smallest absolute Gasteiger partial charge is 0.259 e. The van der Waals surface area contributed by atoms with E-state index in [4.69, 9.17) is 9.47 Å². The fourth-order valence-corrected chi connectivity index (χ4v) is 3.22. The summed E-state index contributed by atoms with van der Waals surface area (Å²) >= 11 is 0. The summed E-state index contributed by atoms with van der Waals surface area (Å²) in [5.41, 5.74) is 2.98. The number of ether oxygens (including phenoxy) is 2. The van der Waals surface area contributed by atoms with Gasteiger partial charge in [0.1, 0.15) is 6.54 Å². The zero-order valence-corrected chi connectivity index (χ0v) is 16.4. The molecule has 0 saturated heterocycles. The Morgan fingerprint density at radius 1 is 1.07 bits per heavy atom. The van der Waals surface area contributed by atoms with Crippen LogP contribution in [-0.4, -0.2) is 56.0 Å². The van der Waals surface area contributed by atoms with Crippen LogP contribution in [0.3, 0.4) is 0 Å². The summed E-state index contributed by atoms with van der Waals surface area (Å²) in [4.78, 5) is 28.2. The summed E-state index contributed by atoms with van der Waals surface area (Å²) in [6.07, 6.45) is 0.664. The number of carbonyl (C=O) groups excluding carboxylic acids is 2. The van der Waals surface area contributed by atoms with Crippen LogP contribution in [0.2, 0.25) is 0 Å². The molecule has 0 radical (unpaired) electrons. The third-order valence-corrected chi connectivity index (χ3v) is 4.94. The number of methoxy groups -OCH3 is 2. The molecule has 1 heterocycles. The minimum absolute atomic E-state index is 0.0191. The SMILES string of the molecule is C=C1c2ccccc2C(=O)N1CC(=O)N(C)CCc1ccc(OC)c(OC)c1. The van der Waals surface area contributed by atoms with Gasteiger partial charge in [0.25, 0.3) is 5.91 Å². The Morgan fingerprint density at radius 2 is 1.75 bits per heavy atom. The van der Waals surface area contributed by atoms with Gasteiger partial charge in [-0.25, -0.2) is 0 Å². The van der Waals surface area contributed by atoms with Gasteiger partial charge in [0, 0.05) is 30.4 Å². The van der Waals surface area contributed by atoms with E-state index in [1.807, 2.05) is 36.4 Å². The van der Waals surface area contributed by atoms with Gasteiger partial charge in [0.2, 0.25) is 5.91 Å². The molecule has 0 N–H and O–H groups in total. The van der Waals surface area contributed by atoms with Crippen LogP contribution in [0.15, 0.2) is 49.0 Å². The molecule has 0 saturated carbocycles. The van der Waals surface area contributed by atoms with Gasteiger partial charge in [-0.3, -0.25) is 14.5 Å². The number of amides is 2. The number of carbonyl (C=O) groups is 2. The number of nitrogens with zero attached hydrogens (tertiary/aromatic N) is 2. The van der Waals surface area contributed by atoms with E-state index in [1.165, 1.54) is 4.90 Å². The summed E-state index contributed by atoms with van der Waals surface area (Å²) in [6, 6.07) is 13.0. The molecule has 0 spiro atoms. The first-order chi connectivity index (χ1) is 13.5. The minimum Gasteiger partial charge on any atom is -0.493 e. The second-order valence-electron chi connectivity index (χ2n) is 6.64. The number of likely N-dealkylation sites (N-methyl/N-ethyl adjacent to an activating group) is 1. The molecule has 2 aromatic carbocycles. The molecule has 0 aromatic heterocycles. The predicted molar refractivity (Wildman–Crippen MR) is 107 cm³/mol. The van der Waals surface area contributed by atoms with Crippen molar-refractivity contribution in [3.05, 3.63) is 65.7 Å². The number of benzene rings is 2. The van der Waals surface area contributed by atoms with Crippen molar-refractivity contribution in [2.24, 2.45) is 0 Å². The van der Waals surface area contributed by atoms with Crippen LogP contribution in [0.4, 0.5) is 0 Å². The third-order valence-electron chi connectivity index (χ3n) is 4.94. The molecule has 28 heavy (non-hydrogen) atoms. The molecule has 6 nitrogen and oxygen atoms in total. The third kappa shape index (κ3) is 3.71. The normalized spacial score (nSPS) is 12.8. The van der Waals surface area contributed by atoms with E-state index in [1.54, 1.807) is 32.2 Å². The van der Waals surface area contributed by atoms with Crippen LogP contribution in [-0.2, 0) is 11.2 Å². The van der Waals surface area contributed by atoms with Gasteiger partial charge in [-0.1, -0.05) is 30.8 Å². The lowest BCUT2D eigenvalue weighted by Gasteiger charge is -2.22. The molecule has 1 aliphatic rings. The fourth-order valence-electron chi connectivity index (χ4n) is 3.22. The van der Waals surface area contributed by atoms with E-state index in [9.17, 15) is 9.59 Å². The summed E-state index contributed by atoms with van der Waals surface area (Å²) in [6.45, 7) is 4.48. The van der Waals surface area contributed by atoms with Gasteiger partial charge in [0.05, 0.1) is 14.2 Å². The monoisotopic (exact) mass is 380 g/mol. The first-order valence-corrected chi connectivity index (χ1v) is 9.01. The van der Waals surface area contributed by atoms with Crippen molar-refractivity contribution in [1.82, 2.24) is 9.80 Å². The van der Waals surface area contributed by atoms with Crippen molar-refractivity contribution in [2.45, 2.75) is 6.42 Å². The predicted octanol–water partition coefficient (Wildman–Crippen LogP) is 2.83. The second kappa shape index (κ2) is 8.17. The van der Waals surface area contributed by atoms with E-state index in [-0.39, 0.29) is 18.4 Å². The van der Waals surface area contributed by atoms with Crippen LogP contribution < -0.4 is 9.47 Å². The number of hydrogen-bond acceptors (Lipinski definition) is 4. The minimum atomic E-state index is -0.178. The molecule has 2 amide bonds. The lowest BCUT2D eigenvalue weighted by molar-refractivity contribution is -0.129. The van der Waals surface area contributed by atoms with E-state index in [0.29, 0.717) is 35.7 Å². The molecule has 0 bridgehead atoms. The summed E-state index contributed by atoms with van der Waals surface area (Å²) in [5.74, 6) is 1.01. The zero-order valence-electron chi connectivity index (χ0n) is 16.4. The van der Waals surface area contributed by atoms with E-state index in [0.717, 1.165) is 11.1 Å². The molecular weight excluding hydrogens is 356 g/mol. The van der Waals surface area contributed by atoms with Crippen molar-refractivity contribution in [3.8, 4) is 11.5 Å². The zero-order chi connectivity index (χ0) is 20.3. The lowest BCUT2D eigenvalue weighted by atomic mass is 10.1. The summed E-state index contributed by atoms with van der Waals surface area (Å²) in [7, 11) is 4.92. The van der Waals surface area contributed by atoms with Crippen LogP contribution in [0.5, 0.6) is 11.5 Å². The number of hydrogen-bond donors (Lipinski definition) is 0. The maximum Gasteiger partial charge on any atom is 0.259 e. The Hall–Kier alpha value is -3.28. The lowest BCUT2D eigenvalue weighted by Crippen LogP contribution is -2.38. The van der Waals surface area contributed by atoms with Crippen LogP contribution >= 0.6 is 0 Å². The van der Waals surface area contributed by atoms with E-state index in [2.05, 4.69) is 6.58 Å². The van der Waals surface area contributed by atoms with Crippen molar-refractivity contribution in [2.75, 3.05) is 34.4 Å². The topological polar surface area (TPSA) is 59.1 Å². The molecule has 2 aromatic rings. The molecule has 6 heteroatoms. The summed E-state index contributed by atoms with van der Waals surface area (Å²) in [5, 5.41) is 0. The van der Waals surface area contributed by atoms with Gasteiger partial charge in [-0.15, -0.1) is 0 Å². The van der Waals surface area contributed by atoms with Gasteiger partial charge < -0.3 is 14.4 Å². The fraction of sp³-hybridized carbons (Fsp3) is 0.273. The van der Waals surface area contributed by atoms with Crippen LogP contribution in [0.1, 0.15) is 21.5 Å². The highest BCUT2D eigenvalue weighted by atomic mass is 16.5. The maximum absolute atomic E-state index is 12.6. The first kappa shape index (κ1) is 19.5. The standard InChI is InChI=1S/C22H24N2O4/c1-15-17-7-5-6-8-18(17)22(26)24(15)14-21(25)23(2)12-11-16-9-10-19(27-3)20(13-16)28-4/h5-10,13H,1,11-12,14H2,2-4H3. The Kier molecular flexibility index (Phi) is 5.68. The molecule has 3 rings (SSSR count). The van der Waals surface area contributed by atoms with Crippen molar-refractivity contribution >= 4 is 17.5 Å². The molecular formula is C22H24N2O4. The Labute approximate surface area is 165 Å². The first-order valence-electron chi connectivity index (χ1n) is 9.01. The van der Waals surface area contributed by atoms with Crippen molar-refractivity contribution < 1.29 is 19.1 Å². The van der Waals surface area contributed by atoms with Crippen LogP contribution in [0.25, 0.3) is 5.70 Å². The van der Waals surface area contributed by atoms with Gasteiger partial charge >= 0.3 is 0 Å². The molecule has 146 valence electrons. The van der Waals surface area contributed by atoms with Crippen molar-refractivity contribution in [3.63, 3.8) is 0 Å². The Morgan fingerprint density at radius 3 is 2.39 bits per heavy atom. The molecule has 0 fully saturated rings. The number of rotatable bonds is 7. The average molecular weight is 380 g/mol. The molecule has 0 unspecified atom stereocenters. The molecule has 0 atom stereocenters. The molecule has 0 aliphatic carbocycles. The number of fused-ring (bicyclic) bond motifs is 1. The summed E-state index contributed by atoms with van der Waals surface area (Å²) < 4.78 is 10.6. The van der Waals surface area contributed by atoms with Gasteiger partial charge in [-0.05, 0) is 30.2 Å². The van der Waals surface area contributed by atoms with Gasteiger partial charge in [-0.2, -0.15) is 0 Å². The quantitative estimate of drug-likeness (QED) is 0.741. The highest BCUT2D eigenvalue weighted by molar-refractivity contribution is 6.10. The average Bonchev–Trinajstić information content (AvgIpc) is 2.96. The van der Waals surface area contributed by atoms with Crippen LogP contribution in [0, 0.1) is 0 Å². The second-order valence-corrected chi connectivity index (χ2v) is 6.64. The largest absolute Gasteiger partial charge is 0.493 e. The Balaban J connectivity index is 1.60. The van der Waals surface area contributed by atoms with E-state index >= 15 is 0 Å². The van der Waals surface area contributed by atoms with E-state index < -0.39 is 0 Å². The maximum atomic E-state index is 12.6. The Bertz CT molecular complexity index is 888. The highest BCUT2D eigenvalue weighted by Gasteiger charge is 2.32.